The molecule has 0 aliphatic carbocycles. The molecule has 0 spiro atoms. The third-order valence-electron chi connectivity index (χ3n) is 6.10. The summed E-state index contributed by atoms with van der Waals surface area (Å²) >= 11 is 0. The Kier molecular flexibility index (Phi) is 16.8. The number of rotatable bonds is 21. The quantitative estimate of drug-likeness (QED) is 0.0798. The summed E-state index contributed by atoms with van der Waals surface area (Å²) in [5, 5.41) is 0. The van der Waals surface area contributed by atoms with Gasteiger partial charge in [-0.25, -0.2) is 0 Å². The van der Waals surface area contributed by atoms with Crippen LogP contribution in [0.4, 0.5) is 0 Å². The van der Waals surface area contributed by atoms with Gasteiger partial charge in [-0.3, -0.25) is 14.4 Å². The van der Waals surface area contributed by atoms with E-state index in [9.17, 15) is 14.4 Å². The molecule has 0 aliphatic heterocycles. The molecule has 192 valence electrons. The molecule has 34 heavy (non-hydrogen) atoms. The fourth-order valence-electron chi connectivity index (χ4n) is 4.11. The molecule has 0 heterocycles. The van der Waals surface area contributed by atoms with E-state index < -0.39 is 23.5 Å². The Hall–Kier alpha value is -2.17. The Morgan fingerprint density at radius 3 is 1.74 bits per heavy atom. The van der Waals surface area contributed by atoms with Crippen molar-refractivity contribution in [1.29, 1.82) is 0 Å². The van der Waals surface area contributed by atoms with Gasteiger partial charge in [0.2, 0.25) is 0 Å². The molecule has 0 saturated heterocycles. The summed E-state index contributed by atoms with van der Waals surface area (Å²) in [4.78, 5) is 36.9. The van der Waals surface area contributed by atoms with Crippen LogP contribution in [0.5, 0.6) is 5.75 Å². The minimum absolute atomic E-state index is 0.118. The molecule has 5 heteroatoms. The van der Waals surface area contributed by atoms with Crippen LogP contribution in [-0.4, -0.2) is 30.7 Å². The average Bonchev–Trinajstić information content (AvgIpc) is 2.81. The van der Waals surface area contributed by atoms with Gasteiger partial charge in [-0.2, -0.15) is 0 Å². The van der Waals surface area contributed by atoms with Gasteiger partial charge in [-0.1, -0.05) is 103 Å². The first-order chi connectivity index (χ1) is 16.5. The van der Waals surface area contributed by atoms with Crippen LogP contribution in [0.2, 0.25) is 0 Å². The van der Waals surface area contributed by atoms with E-state index in [1.807, 2.05) is 0 Å². The molecule has 1 aromatic carbocycles. The van der Waals surface area contributed by atoms with Gasteiger partial charge in [-0.15, -0.1) is 0 Å². The van der Waals surface area contributed by atoms with Gasteiger partial charge < -0.3 is 9.47 Å². The number of para-hydroxylation sites is 1. The van der Waals surface area contributed by atoms with Crippen molar-refractivity contribution in [2.45, 2.75) is 111 Å². The number of hydrogen-bond donors (Lipinski definition) is 0. The summed E-state index contributed by atoms with van der Waals surface area (Å²) in [5.74, 6) is -2.92. The summed E-state index contributed by atoms with van der Waals surface area (Å²) in [6.07, 6.45) is 18.1. The molecule has 0 fully saturated rings. The molecular formula is C29H46O5. The summed E-state index contributed by atoms with van der Waals surface area (Å²) < 4.78 is 10.8. The predicted octanol–water partition coefficient (Wildman–Crippen LogP) is 7.50. The molecule has 1 rings (SSSR count). The maximum Gasteiger partial charge on any atom is 0.324 e. The molecule has 0 aliphatic rings. The van der Waals surface area contributed by atoms with Crippen molar-refractivity contribution < 1.29 is 23.9 Å². The van der Waals surface area contributed by atoms with E-state index in [0.717, 1.165) is 12.8 Å². The number of ketones is 2. The predicted molar refractivity (Wildman–Crippen MR) is 137 cm³/mol. The van der Waals surface area contributed by atoms with E-state index in [4.69, 9.17) is 9.47 Å². The maximum atomic E-state index is 12.9. The summed E-state index contributed by atoms with van der Waals surface area (Å²) in [6, 6.07) is 6.79. The molecule has 0 saturated carbocycles. The SMILES string of the molecule is CCCCCCCCCCCCCCCCOc1ccccc1C(=O)C(C(C)=O)C(=O)OCC. The van der Waals surface area contributed by atoms with Crippen molar-refractivity contribution in [1.82, 2.24) is 0 Å². The van der Waals surface area contributed by atoms with E-state index >= 15 is 0 Å². The van der Waals surface area contributed by atoms with Crippen LogP contribution in [0.15, 0.2) is 24.3 Å². The van der Waals surface area contributed by atoms with Crippen molar-refractivity contribution in [3.05, 3.63) is 29.8 Å². The summed E-state index contributed by atoms with van der Waals surface area (Å²) in [7, 11) is 0. The van der Waals surface area contributed by atoms with Crippen molar-refractivity contribution in [3.8, 4) is 5.75 Å². The number of unbranched alkanes of at least 4 members (excludes halogenated alkanes) is 13. The monoisotopic (exact) mass is 474 g/mol. The highest BCUT2D eigenvalue weighted by Gasteiger charge is 2.34. The molecule has 1 atom stereocenters. The molecule has 0 N–H and O–H groups in total. The third-order valence-corrected chi connectivity index (χ3v) is 6.10. The highest BCUT2D eigenvalue weighted by atomic mass is 16.5. The molecule has 1 unspecified atom stereocenters. The lowest BCUT2D eigenvalue weighted by Gasteiger charge is -2.15. The Bertz CT molecular complexity index is 712. The van der Waals surface area contributed by atoms with E-state index in [0.29, 0.717) is 12.4 Å². The van der Waals surface area contributed by atoms with Gasteiger partial charge in [0.1, 0.15) is 5.75 Å². The summed E-state index contributed by atoms with van der Waals surface area (Å²) in [6.45, 7) is 5.76. The first-order valence-electron chi connectivity index (χ1n) is 13.5. The molecule has 0 amide bonds. The van der Waals surface area contributed by atoms with Crippen LogP contribution in [0.1, 0.15) is 121 Å². The Morgan fingerprint density at radius 2 is 1.24 bits per heavy atom. The van der Waals surface area contributed by atoms with E-state index in [-0.39, 0.29) is 12.2 Å². The first kappa shape index (κ1) is 29.9. The van der Waals surface area contributed by atoms with Crippen LogP contribution < -0.4 is 4.74 Å². The van der Waals surface area contributed by atoms with Gasteiger partial charge in [-0.05, 0) is 32.4 Å². The zero-order chi connectivity index (χ0) is 25.0. The Labute approximate surface area is 207 Å². The van der Waals surface area contributed by atoms with E-state index in [1.165, 1.54) is 84.0 Å². The number of carbonyl (C=O) groups is 3. The van der Waals surface area contributed by atoms with Gasteiger partial charge in [0, 0.05) is 0 Å². The Balaban J connectivity index is 2.25. The number of ether oxygens (including phenoxy) is 2. The topological polar surface area (TPSA) is 69.7 Å². The van der Waals surface area contributed by atoms with Crippen molar-refractivity contribution in [3.63, 3.8) is 0 Å². The van der Waals surface area contributed by atoms with E-state index in [1.54, 1.807) is 31.2 Å². The second-order valence-corrected chi connectivity index (χ2v) is 9.10. The molecule has 0 bridgehead atoms. The number of Topliss-reactive ketones (excluding diaryl/α,β-unsaturated/α-hetero) is 2. The number of hydrogen-bond acceptors (Lipinski definition) is 5. The number of esters is 1. The third kappa shape index (κ3) is 12.3. The lowest BCUT2D eigenvalue weighted by atomic mass is 9.94. The fourth-order valence-corrected chi connectivity index (χ4v) is 4.11. The number of carbonyl (C=O) groups excluding carboxylic acids is 3. The van der Waals surface area contributed by atoms with E-state index in [2.05, 4.69) is 6.92 Å². The maximum absolute atomic E-state index is 12.9. The van der Waals surface area contributed by atoms with Crippen LogP contribution in [0, 0.1) is 5.92 Å². The molecular weight excluding hydrogens is 428 g/mol. The van der Waals surface area contributed by atoms with Crippen LogP contribution in [0.3, 0.4) is 0 Å². The van der Waals surface area contributed by atoms with Crippen molar-refractivity contribution in [2.24, 2.45) is 5.92 Å². The number of benzene rings is 1. The second-order valence-electron chi connectivity index (χ2n) is 9.10. The molecule has 0 radical (unpaired) electrons. The zero-order valence-corrected chi connectivity index (χ0v) is 21.7. The zero-order valence-electron chi connectivity index (χ0n) is 21.7. The fraction of sp³-hybridized carbons (Fsp3) is 0.690. The average molecular weight is 475 g/mol. The van der Waals surface area contributed by atoms with Crippen LogP contribution in [-0.2, 0) is 14.3 Å². The molecule has 0 aromatic heterocycles. The van der Waals surface area contributed by atoms with Gasteiger partial charge in [0.25, 0.3) is 0 Å². The molecule has 5 nitrogen and oxygen atoms in total. The van der Waals surface area contributed by atoms with Gasteiger partial charge in [0.15, 0.2) is 17.5 Å². The highest BCUT2D eigenvalue weighted by Crippen LogP contribution is 2.23. The largest absolute Gasteiger partial charge is 0.493 e. The van der Waals surface area contributed by atoms with Crippen molar-refractivity contribution >= 4 is 17.5 Å². The van der Waals surface area contributed by atoms with Gasteiger partial charge >= 0.3 is 5.97 Å². The van der Waals surface area contributed by atoms with Gasteiger partial charge in [0.05, 0.1) is 18.8 Å². The second kappa shape index (κ2) is 19.2. The summed E-state index contributed by atoms with van der Waals surface area (Å²) in [5.41, 5.74) is 0.251. The normalized spacial score (nSPS) is 11.7. The smallest absolute Gasteiger partial charge is 0.324 e. The first-order valence-corrected chi connectivity index (χ1v) is 13.5. The lowest BCUT2D eigenvalue weighted by molar-refractivity contribution is -0.148. The van der Waals surface area contributed by atoms with Crippen LogP contribution >= 0.6 is 0 Å². The minimum Gasteiger partial charge on any atom is -0.493 e. The Morgan fingerprint density at radius 1 is 0.735 bits per heavy atom. The minimum atomic E-state index is -1.44. The highest BCUT2D eigenvalue weighted by molar-refractivity contribution is 6.22. The van der Waals surface area contributed by atoms with Crippen molar-refractivity contribution in [2.75, 3.05) is 13.2 Å². The standard InChI is InChI=1S/C29H46O5/c1-4-6-7-8-9-10-11-12-13-14-15-16-17-20-23-34-26-22-19-18-21-25(26)28(31)27(24(3)30)29(32)33-5-2/h18-19,21-22,27H,4-17,20,23H2,1-3H3. The van der Waals surface area contributed by atoms with Crippen LogP contribution in [0.25, 0.3) is 0 Å². The molecule has 1 aromatic rings. The lowest BCUT2D eigenvalue weighted by Crippen LogP contribution is -2.32.